The highest BCUT2D eigenvalue weighted by atomic mass is 19.1. The van der Waals surface area contributed by atoms with Crippen LogP contribution in [0.4, 0.5) is 4.39 Å². The summed E-state index contributed by atoms with van der Waals surface area (Å²) in [6.45, 7) is 29.3. The molecule has 4 aliphatic rings. The van der Waals surface area contributed by atoms with Crippen LogP contribution in [0.3, 0.4) is 0 Å². The molecule has 1 amide bonds. The van der Waals surface area contributed by atoms with E-state index in [1.807, 2.05) is 13.8 Å². The molecule has 0 aliphatic carbocycles. The van der Waals surface area contributed by atoms with E-state index in [1.54, 1.807) is 21.1 Å². The van der Waals surface area contributed by atoms with Crippen LogP contribution >= 0.6 is 0 Å². The molecule has 4 aliphatic heterocycles. The van der Waals surface area contributed by atoms with Gasteiger partial charge < -0.3 is 69.1 Å². The first-order valence-electron chi connectivity index (χ1n) is 39.7. The Labute approximate surface area is 583 Å². The summed E-state index contributed by atoms with van der Waals surface area (Å²) in [5.41, 5.74) is 0. The summed E-state index contributed by atoms with van der Waals surface area (Å²) in [5.74, 6) is 3.84. The summed E-state index contributed by atoms with van der Waals surface area (Å²) in [7, 11) is 3.37. The molecular formula is C79H156FNO14. The average Bonchev–Trinajstić information content (AvgIpc) is 1.03. The summed E-state index contributed by atoms with van der Waals surface area (Å²) in [5, 5.41) is 64.8. The number of aliphatic hydroxyl groups excluding tert-OH is 6. The summed E-state index contributed by atoms with van der Waals surface area (Å²) < 4.78 is 51.3. The van der Waals surface area contributed by atoms with Crippen LogP contribution in [-0.2, 0) is 38.0 Å². The van der Waals surface area contributed by atoms with Crippen molar-refractivity contribution in [3.63, 3.8) is 0 Å². The van der Waals surface area contributed by atoms with Crippen LogP contribution in [0.15, 0.2) is 0 Å². The fraction of sp³-hybridized carbons (Fsp3) is 0.987. The molecule has 16 heteroatoms. The zero-order chi connectivity index (χ0) is 71.1. The van der Waals surface area contributed by atoms with Crippen molar-refractivity contribution in [1.29, 1.82) is 0 Å². The van der Waals surface area contributed by atoms with E-state index in [4.69, 9.17) is 38.3 Å². The lowest BCUT2D eigenvalue weighted by molar-refractivity contribution is -0.295. The third-order valence-corrected chi connectivity index (χ3v) is 22.7. The van der Waals surface area contributed by atoms with Gasteiger partial charge in [0.25, 0.3) is 0 Å². The number of hydrogen-bond acceptors (Lipinski definition) is 14. The molecule has 7 N–H and O–H groups in total. The molecule has 4 fully saturated rings. The number of amides is 1. The molecule has 0 saturated carbocycles. The Bertz CT molecular complexity index is 1720. The second kappa shape index (κ2) is 56.4. The van der Waals surface area contributed by atoms with Gasteiger partial charge in [0.2, 0.25) is 12.3 Å². The van der Waals surface area contributed by atoms with Gasteiger partial charge in [-0.25, -0.2) is 4.39 Å². The van der Waals surface area contributed by atoms with Gasteiger partial charge in [0.05, 0.1) is 49.8 Å². The van der Waals surface area contributed by atoms with Crippen LogP contribution in [0.25, 0.3) is 0 Å². The van der Waals surface area contributed by atoms with Gasteiger partial charge in [0, 0.05) is 38.4 Å². The number of hydrogen-bond donors (Lipinski definition) is 7. The highest BCUT2D eigenvalue weighted by Gasteiger charge is 2.44. The van der Waals surface area contributed by atoms with Gasteiger partial charge >= 0.3 is 0 Å². The quantitative estimate of drug-likeness (QED) is 0.0283. The highest BCUT2D eigenvalue weighted by molar-refractivity contribution is 5.76. The maximum absolute atomic E-state index is 13.0. The van der Waals surface area contributed by atoms with E-state index in [0.29, 0.717) is 66.3 Å². The zero-order valence-electron chi connectivity index (χ0n) is 64.2. The van der Waals surface area contributed by atoms with Crippen molar-refractivity contribution in [2.45, 2.75) is 421 Å². The lowest BCUT2D eigenvalue weighted by atomic mass is 9.79. The molecule has 0 radical (unpaired) electrons. The molecule has 568 valence electrons. The van der Waals surface area contributed by atoms with Gasteiger partial charge in [0.1, 0.15) is 24.4 Å². The monoisotopic (exact) mass is 1360 g/mol. The lowest BCUT2D eigenvalue weighted by Gasteiger charge is -2.42. The first kappa shape index (κ1) is 91.9. The van der Waals surface area contributed by atoms with Crippen molar-refractivity contribution in [2.75, 3.05) is 27.4 Å². The van der Waals surface area contributed by atoms with Crippen LogP contribution in [0.5, 0.6) is 0 Å². The minimum atomic E-state index is -1.49. The van der Waals surface area contributed by atoms with Crippen molar-refractivity contribution >= 4 is 5.91 Å². The Kier molecular flexibility index (Phi) is 54.6. The molecule has 23 atom stereocenters. The van der Waals surface area contributed by atoms with E-state index in [1.165, 1.54) is 186 Å². The summed E-state index contributed by atoms with van der Waals surface area (Å²) in [4.78, 5) is 13.0. The van der Waals surface area contributed by atoms with E-state index < -0.39 is 55.3 Å². The Morgan fingerprint density at radius 1 is 0.411 bits per heavy atom. The lowest BCUT2D eigenvalue weighted by Crippen LogP contribution is -2.58. The molecule has 0 aromatic heterocycles. The molecule has 0 bridgehead atoms. The normalized spacial score (nSPS) is 31.8. The summed E-state index contributed by atoms with van der Waals surface area (Å²) >= 11 is 0. The second-order valence-corrected chi connectivity index (χ2v) is 30.3. The maximum atomic E-state index is 13.0. The molecular weight excluding hydrogens is 1210 g/mol. The number of methoxy groups -OCH3 is 2. The van der Waals surface area contributed by atoms with Crippen molar-refractivity contribution in [2.24, 2.45) is 53.3 Å². The number of carbonyl (C=O) groups excluding carboxylic acids is 1. The first-order valence-corrected chi connectivity index (χ1v) is 39.7. The Balaban J connectivity index is 0.000000985. The minimum Gasteiger partial charge on any atom is -0.394 e. The van der Waals surface area contributed by atoms with Crippen LogP contribution in [0.1, 0.15) is 335 Å². The van der Waals surface area contributed by atoms with E-state index in [2.05, 4.69) is 81.5 Å². The van der Waals surface area contributed by atoms with E-state index >= 15 is 0 Å². The van der Waals surface area contributed by atoms with Gasteiger partial charge in [-0.15, -0.1) is 0 Å². The average molecular weight is 1360 g/mol. The van der Waals surface area contributed by atoms with Gasteiger partial charge in [-0.05, 0) is 69.1 Å². The molecule has 4 saturated heterocycles. The number of ether oxygens (including phenoxy) is 7. The molecule has 0 spiro atoms. The van der Waals surface area contributed by atoms with Crippen molar-refractivity contribution < 1.29 is 73.0 Å². The third-order valence-electron chi connectivity index (χ3n) is 22.7. The number of carbonyl (C=O) groups is 1. The number of alkyl halides is 1. The van der Waals surface area contributed by atoms with Gasteiger partial charge in [-0.1, -0.05) is 294 Å². The standard InChI is InChI=1S/C50H99NO8.C10H20O3.C10H20O2.C9H17FO/c1-4-6-8-10-12-14-16-18-19-20-21-22-23-24-25-26-27-28-30-32-34-36-38-40-45(53)51-43(41-58-50-49(57)48(56)46(54)42(3)59-50)47(55)44(52)39-37-35-33-31-29-17-15-13-11-9-7-5-2;1-6-7(2)9(5-11)13-10(12-4)8(6)3;1-6-7(2)9(4)12-10(11-5)8(6)3;1-5-6(2)8(4)11-9(10)7(5)3/h42-44,46-50,52,54-57H,4-41H2,1-3H3,(H,51,53);6-11H,5H2,1-4H3;6-10H,1-5H3;5-9H,1-4H3/t42?,43-,44+,46-,47-,48-,49?,50-;2*6-,7+,8?,9?,10-;5-,6+,7?,8?,9?/m0000/s1. The third kappa shape index (κ3) is 38.7. The molecule has 0 aromatic carbocycles. The molecule has 4 heterocycles. The predicted molar refractivity (Wildman–Crippen MR) is 386 cm³/mol. The number of unbranched alkanes of at least 4 members (excludes halogenated alkanes) is 33. The van der Waals surface area contributed by atoms with Crippen molar-refractivity contribution in [3.05, 3.63) is 0 Å². The molecule has 95 heavy (non-hydrogen) atoms. The fourth-order valence-electron chi connectivity index (χ4n) is 14.0. The number of halogens is 1. The largest absolute Gasteiger partial charge is 0.394 e. The zero-order valence-corrected chi connectivity index (χ0v) is 64.2. The number of aliphatic hydroxyl groups is 6. The Hall–Kier alpha value is -1.12. The molecule has 15 nitrogen and oxygen atoms in total. The van der Waals surface area contributed by atoms with E-state index in [-0.39, 0.29) is 49.8 Å². The first-order chi connectivity index (χ1) is 45.4. The van der Waals surface area contributed by atoms with Crippen molar-refractivity contribution in [1.82, 2.24) is 5.32 Å². The number of nitrogens with one attached hydrogen (secondary N) is 1. The number of rotatable bonds is 46. The molecule has 9 unspecified atom stereocenters. The van der Waals surface area contributed by atoms with Gasteiger partial charge in [0.15, 0.2) is 18.9 Å². The molecule has 4 rings (SSSR count). The smallest absolute Gasteiger partial charge is 0.220 e. The fourth-order valence-corrected chi connectivity index (χ4v) is 14.0. The van der Waals surface area contributed by atoms with Crippen LogP contribution < -0.4 is 5.32 Å². The van der Waals surface area contributed by atoms with Crippen LogP contribution in [0.2, 0.25) is 0 Å². The van der Waals surface area contributed by atoms with Crippen LogP contribution in [-0.4, -0.2) is 150 Å². The second-order valence-electron chi connectivity index (χ2n) is 30.3. The summed E-state index contributed by atoms with van der Waals surface area (Å²) in [6, 6.07) is -0.922. The van der Waals surface area contributed by atoms with Crippen molar-refractivity contribution in [3.8, 4) is 0 Å². The Morgan fingerprint density at radius 2 is 0.758 bits per heavy atom. The predicted octanol–water partition coefficient (Wildman–Crippen LogP) is 17.7. The van der Waals surface area contributed by atoms with Crippen LogP contribution in [0, 0.1) is 53.3 Å². The van der Waals surface area contributed by atoms with Gasteiger partial charge in [-0.3, -0.25) is 4.79 Å². The van der Waals surface area contributed by atoms with Gasteiger partial charge in [-0.2, -0.15) is 0 Å². The SMILES string of the molecule is CC1C(F)OC(C)[C@H](C)[C@@H]1C.CCCCCCCCCCCCCCCCCCCCCCCCCC(=O)N[C@@H](CO[C@H]1OC(C)[C@H](O)[C@H](O)C1O)[C@H](O)[C@H](O)CCCCCCCCCCCCCC.CO[C@H]1OC(C)[C@H](C)[C@H](C)C1C.CO[C@H]1OC(CO)[C@H](C)[C@H](C)C1C. The van der Waals surface area contributed by atoms with E-state index in [9.17, 15) is 34.7 Å². The maximum Gasteiger partial charge on any atom is 0.220 e. The Morgan fingerprint density at radius 3 is 1.16 bits per heavy atom. The topological polar surface area (TPSA) is 215 Å². The van der Waals surface area contributed by atoms with E-state index in [0.717, 1.165) is 38.5 Å². The minimum absolute atomic E-state index is 0.00815. The molecule has 0 aromatic rings. The summed E-state index contributed by atoms with van der Waals surface area (Å²) in [6.07, 6.45) is 36.2. The highest BCUT2D eigenvalue weighted by Crippen LogP contribution is 2.37.